The average Bonchev–Trinajstić information content (AvgIpc) is 2.17. The summed E-state index contributed by atoms with van der Waals surface area (Å²) in [7, 11) is 0. The number of aliphatic hydroxyl groups is 1. The molecule has 0 saturated carbocycles. The molecular weight excluding hydrogens is 186 g/mol. The van der Waals surface area contributed by atoms with E-state index in [4.69, 9.17) is 0 Å². The van der Waals surface area contributed by atoms with Gasteiger partial charge in [0.1, 0.15) is 0 Å². The molecule has 0 fully saturated rings. The Labute approximate surface area is 92.3 Å². The Morgan fingerprint density at radius 3 is 2.47 bits per heavy atom. The quantitative estimate of drug-likeness (QED) is 0.778. The molecule has 1 unspecified atom stereocenters. The summed E-state index contributed by atoms with van der Waals surface area (Å²) in [5.41, 5.74) is 2.02. The molecule has 84 valence electrons. The van der Waals surface area contributed by atoms with Gasteiger partial charge in [-0.15, -0.1) is 0 Å². The number of benzene rings is 1. The van der Waals surface area contributed by atoms with Crippen LogP contribution in [0.1, 0.15) is 32.8 Å². The van der Waals surface area contributed by atoms with E-state index in [1.165, 1.54) is 0 Å². The monoisotopic (exact) mass is 207 g/mol. The lowest BCUT2D eigenvalue weighted by Gasteiger charge is -2.19. The minimum absolute atomic E-state index is 0.0948. The van der Waals surface area contributed by atoms with E-state index in [9.17, 15) is 5.11 Å². The summed E-state index contributed by atoms with van der Waals surface area (Å²) >= 11 is 0. The SMILES string of the molecule is CC(C)CC(C)Nc1ccccc1CO. The maximum absolute atomic E-state index is 9.17. The number of aliphatic hydroxyl groups excluding tert-OH is 1. The Bertz CT molecular complexity index is 296. The number of anilines is 1. The third-order valence-corrected chi connectivity index (χ3v) is 2.41. The van der Waals surface area contributed by atoms with Gasteiger partial charge in [-0.3, -0.25) is 0 Å². The van der Waals surface area contributed by atoms with E-state index < -0.39 is 0 Å². The minimum atomic E-state index is 0.0948. The largest absolute Gasteiger partial charge is 0.392 e. The highest BCUT2D eigenvalue weighted by Crippen LogP contribution is 2.17. The summed E-state index contributed by atoms with van der Waals surface area (Å²) in [6, 6.07) is 8.35. The van der Waals surface area contributed by atoms with Gasteiger partial charge in [0.2, 0.25) is 0 Å². The van der Waals surface area contributed by atoms with Crippen molar-refractivity contribution in [2.75, 3.05) is 5.32 Å². The minimum Gasteiger partial charge on any atom is -0.392 e. The van der Waals surface area contributed by atoms with Crippen molar-refractivity contribution in [1.29, 1.82) is 0 Å². The zero-order chi connectivity index (χ0) is 11.3. The van der Waals surface area contributed by atoms with Crippen molar-refractivity contribution in [3.8, 4) is 0 Å². The zero-order valence-electron chi connectivity index (χ0n) is 9.83. The highest BCUT2D eigenvalue weighted by atomic mass is 16.3. The van der Waals surface area contributed by atoms with Crippen LogP contribution in [0.15, 0.2) is 24.3 Å². The van der Waals surface area contributed by atoms with Crippen molar-refractivity contribution in [3.63, 3.8) is 0 Å². The van der Waals surface area contributed by atoms with E-state index in [-0.39, 0.29) is 6.61 Å². The Hall–Kier alpha value is -1.02. The number of nitrogens with one attached hydrogen (secondary N) is 1. The highest BCUT2D eigenvalue weighted by molar-refractivity contribution is 5.51. The van der Waals surface area contributed by atoms with Gasteiger partial charge in [-0.25, -0.2) is 0 Å². The lowest BCUT2D eigenvalue weighted by atomic mass is 10.0. The molecule has 1 aromatic rings. The Morgan fingerprint density at radius 1 is 1.20 bits per heavy atom. The van der Waals surface area contributed by atoms with Gasteiger partial charge in [0.05, 0.1) is 6.61 Å². The van der Waals surface area contributed by atoms with E-state index in [0.717, 1.165) is 17.7 Å². The average molecular weight is 207 g/mol. The Kier molecular flexibility index (Phi) is 4.63. The van der Waals surface area contributed by atoms with Crippen LogP contribution in [0.5, 0.6) is 0 Å². The second kappa shape index (κ2) is 5.76. The molecule has 0 spiro atoms. The van der Waals surface area contributed by atoms with E-state index in [0.29, 0.717) is 12.0 Å². The van der Waals surface area contributed by atoms with Gasteiger partial charge in [-0.05, 0) is 25.3 Å². The highest BCUT2D eigenvalue weighted by Gasteiger charge is 2.06. The Balaban J connectivity index is 2.63. The van der Waals surface area contributed by atoms with E-state index >= 15 is 0 Å². The molecule has 2 N–H and O–H groups in total. The molecule has 0 aliphatic heterocycles. The van der Waals surface area contributed by atoms with Crippen LogP contribution in [0.3, 0.4) is 0 Å². The fraction of sp³-hybridized carbons (Fsp3) is 0.538. The predicted molar refractivity (Wildman–Crippen MR) is 64.9 cm³/mol. The van der Waals surface area contributed by atoms with Crippen LogP contribution in [-0.2, 0) is 6.61 Å². The summed E-state index contributed by atoms with van der Waals surface area (Å²) in [6.45, 7) is 6.71. The topological polar surface area (TPSA) is 32.3 Å². The summed E-state index contributed by atoms with van der Waals surface area (Å²) in [5, 5.41) is 12.6. The van der Waals surface area contributed by atoms with Crippen LogP contribution in [-0.4, -0.2) is 11.1 Å². The molecule has 1 aromatic carbocycles. The predicted octanol–water partition coefficient (Wildman–Crippen LogP) is 3.03. The van der Waals surface area contributed by atoms with Crippen molar-refractivity contribution < 1.29 is 5.11 Å². The van der Waals surface area contributed by atoms with Crippen LogP contribution >= 0.6 is 0 Å². The molecule has 0 heterocycles. The van der Waals surface area contributed by atoms with Gasteiger partial charge in [-0.2, -0.15) is 0 Å². The molecule has 0 radical (unpaired) electrons. The molecule has 2 heteroatoms. The summed E-state index contributed by atoms with van der Waals surface area (Å²) in [5.74, 6) is 0.689. The van der Waals surface area contributed by atoms with Crippen LogP contribution in [0.25, 0.3) is 0 Å². The molecule has 0 bridgehead atoms. The van der Waals surface area contributed by atoms with Crippen molar-refractivity contribution in [2.24, 2.45) is 5.92 Å². The van der Waals surface area contributed by atoms with Gasteiger partial charge >= 0.3 is 0 Å². The molecule has 0 aliphatic rings. The van der Waals surface area contributed by atoms with Gasteiger partial charge in [0.25, 0.3) is 0 Å². The van der Waals surface area contributed by atoms with Gasteiger partial charge in [0.15, 0.2) is 0 Å². The summed E-state index contributed by atoms with van der Waals surface area (Å²) in [4.78, 5) is 0. The summed E-state index contributed by atoms with van der Waals surface area (Å²) in [6.07, 6.45) is 1.14. The molecule has 0 aromatic heterocycles. The first-order valence-corrected chi connectivity index (χ1v) is 5.58. The maximum Gasteiger partial charge on any atom is 0.0701 e. The molecule has 0 amide bonds. The van der Waals surface area contributed by atoms with E-state index in [1.54, 1.807) is 0 Å². The molecule has 0 saturated heterocycles. The first-order chi connectivity index (χ1) is 7.13. The van der Waals surface area contributed by atoms with Crippen LogP contribution < -0.4 is 5.32 Å². The molecular formula is C13H21NO. The number of hydrogen-bond donors (Lipinski definition) is 2. The number of rotatable bonds is 5. The molecule has 1 rings (SSSR count). The van der Waals surface area contributed by atoms with E-state index in [1.807, 2.05) is 24.3 Å². The van der Waals surface area contributed by atoms with Crippen molar-refractivity contribution in [2.45, 2.75) is 39.8 Å². The van der Waals surface area contributed by atoms with Gasteiger partial charge in [-0.1, -0.05) is 32.0 Å². The normalized spacial score (nSPS) is 12.9. The lowest BCUT2D eigenvalue weighted by molar-refractivity contribution is 0.282. The third-order valence-electron chi connectivity index (χ3n) is 2.41. The number of hydrogen-bond acceptors (Lipinski definition) is 2. The zero-order valence-corrected chi connectivity index (χ0v) is 9.83. The van der Waals surface area contributed by atoms with E-state index in [2.05, 4.69) is 26.1 Å². The van der Waals surface area contributed by atoms with Crippen LogP contribution in [0.2, 0.25) is 0 Å². The molecule has 15 heavy (non-hydrogen) atoms. The Morgan fingerprint density at radius 2 is 1.87 bits per heavy atom. The third kappa shape index (κ3) is 3.92. The fourth-order valence-corrected chi connectivity index (χ4v) is 1.83. The smallest absolute Gasteiger partial charge is 0.0701 e. The first kappa shape index (κ1) is 12.1. The van der Waals surface area contributed by atoms with Crippen molar-refractivity contribution in [3.05, 3.63) is 29.8 Å². The van der Waals surface area contributed by atoms with Crippen molar-refractivity contribution >= 4 is 5.69 Å². The van der Waals surface area contributed by atoms with Gasteiger partial charge in [0, 0.05) is 17.3 Å². The van der Waals surface area contributed by atoms with Gasteiger partial charge < -0.3 is 10.4 Å². The second-order valence-electron chi connectivity index (χ2n) is 4.49. The van der Waals surface area contributed by atoms with Crippen LogP contribution in [0.4, 0.5) is 5.69 Å². The first-order valence-electron chi connectivity index (χ1n) is 5.58. The molecule has 1 atom stereocenters. The second-order valence-corrected chi connectivity index (χ2v) is 4.49. The molecule has 0 aliphatic carbocycles. The lowest BCUT2D eigenvalue weighted by Crippen LogP contribution is -2.18. The van der Waals surface area contributed by atoms with Crippen molar-refractivity contribution in [1.82, 2.24) is 0 Å². The molecule has 2 nitrogen and oxygen atoms in total. The fourth-order valence-electron chi connectivity index (χ4n) is 1.83. The van der Waals surface area contributed by atoms with Crippen LogP contribution in [0, 0.1) is 5.92 Å². The maximum atomic E-state index is 9.17. The number of para-hydroxylation sites is 1. The standard InChI is InChI=1S/C13H21NO/c1-10(2)8-11(3)14-13-7-5-4-6-12(13)9-15/h4-7,10-11,14-15H,8-9H2,1-3H3. The summed E-state index contributed by atoms with van der Waals surface area (Å²) < 4.78 is 0.